The van der Waals surface area contributed by atoms with Gasteiger partial charge in [-0.3, -0.25) is 14.3 Å². The van der Waals surface area contributed by atoms with E-state index in [1.54, 1.807) is 0 Å². The number of carbonyl (C=O) groups is 1. The first-order chi connectivity index (χ1) is 8.47. The Morgan fingerprint density at radius 1 is 1.39 bits per heavy atom. The van der Waals surface area contributed by atoms with Crippen LogP contribution in [0.5, 0.6) is 0 Å². The van der Waals surface area contributed by atoms with E-state index in [4.69, 9.17) is 5.11 Å². The van der Waals surface area contributed by atoms with Crippen LogP contribution in [0.4, 0.5) is 8.78 Å². The Morgan fingerprint density at radius 2 is 2.11 bits per heavy atom. The Bertz CT molecular complexity index is 509. The second kappa shape index (κ2) is 5.11. The van der Waals surface area contributed by atoms with Gasteiger partial charge in [-0.1, -0.05) is 0 Å². The fraction of sp³-hybridized carbons (Fsp3) is 0.364. The molecule has 1 aromatic rings. The van der Waals surface area contributed by atoms with Crippen molar-refractivity contribution in [1.29, 1.82) is 0 Å². The molecule has 1 saturated heterocycles. The van der Waals surface area contributed by atoms with Crippen LogP contribution in [0.1, 0.15) is 11.6 Å². The lowest BCUT2D eigenvalue weighted by atomic mass is 10.1. The highest BCUT2D eigenvalue weighted by molar-refractivity contribution is 7.85. The predicted octanol–water partition coefficient (Wildman–Crippen LogP) is 0.811. The van der Waals surface area contributed by atoms with Crippen LogP contribution in [0.25, 0.3) is 0 Å². The number of halogens is 2. The second-order valence-electron chi connectivity index (χ2n) is 4.05. The largest absolute Gasteiger partial charge is 0.480 e. The minimum absolute atomic E-state index is 0.00861. The van der Waals surface area contributed by atoms with Crippen molar-refractivity contribution >= 4 is 16.8 Å². The van der Waals surface area contributed by atoms with Crippen molar-refractivity contribution in [3.63, 3.8) is 0 Å². The maximum Gasteiger partial charge on any atom is 0.321 e. The fourth-order valence-electron chi connectivity index (χ4n) is 1.88. The first kappa shape index (κ1) is 13.1. The van der Waals surface area contributed by atoms with Crippen LogP contribution >= 0.6 is 0 Å². The van der Waals surface area contributed by atoms with Gasteiger partial charge in [-0.25, -0.2) is 8.78 Å². The quantitative estimate of drug-likeness (QED) is 0.838. The van der Waals surface area contributed by atoms with Gasteiger partial charge < -0.3 is 5.11 Å². The minimum atomic E-state index is -1.37. The van der Waals surface area contributed by atoms with E-state index >= 15 is 0 Å². The summed E-state index contributed by atoms with van der Waals surface area (Å²) < 4.78 is 38.2. The molecule has 0 radical (unpaired) electrons. The van der Waals surface area contributed by atoms with Gasteiger partial charge in [-0.15, -0.1) is 0 Å². The van der Waals surface area contributed by atoms with Gasteiger partial charge in [0.05, 0.1) is 0 Å². The standard InChI is InChI=1S/C11H11F2NO3S/c12-6-1-2-8(13)7(3-6)9-4-18(17)5-10(14-9)11(15)16/h1-3,9-10,14H,4-5H2,(H,15,16). The predicted molar refractivity (Wildman–Crippen MR) is 61.5 cm³/mol. The number of aliphatic carboxylic acids is 1. The first-order valence-electron chi connectivity index (χ1n) is 5.26. The zero-order valence-electron chi connectivity index (χ0n) is 9.23. The molecule has 0 bridgehead atoms. The monoisotopic (exact) mass is 275 g/mol. The van der Waals surface area contributed by atoms with Gasteiger partial charge in [0, 0.05) is 33.9 Å². The van der Waals surface area contributed by atoms with E-state index < -0.39 is 40.5 Å². The van der Waals surface area contributed by atoms with Crippen molar-refractivity contribution in [1.82, 2.24) is 5.32 Å². The van der Waals surface area contributed by atoms with E-state index in [-0.39, 0.29) is 17.1 Å². The molecule has 1 heterocycles. The van der Waals surface area contributed by atoms with E-state index in [0.29, 0.717) is 0 Å². The lowest BCUT2D eigenvalue weighted by Crippen LogP contribution is -2.49. The molecule has 0 spiro atoms. The van der Waals surface area contributed by atoms with Crippen molar-refractivity contribution < 1.29 is 22.9 Å². The van der Waals surface area contributed by atoms with E-state index in [1.165, 1.54) is 0 Å². The molecule has 1 aromatic carbocycles. The molecular formula is C11H11F2NO3S. The van der Waals surface area contributed by atoms with Crippen molar-refractivity contribution in [2.45, 2.75) is 12.1 Å². The van der Waals surface area contributed by atoms with Crippen LogP contribution in [0.2, 0.25) is 0 Å². The summed E-state index contributed by atoms with van der Waals surface area (Å²) in [5, 5.41) is 11.5. The molecule has 0 saturated carbocycles. The molecule has 1 aliphatic heterocycles. The fourth-order valence-corrected chi connectivity index (χ4v) is 3.28. The lowest BCUT2D eigenvalue weighted by molar-refractivity contribution is -0.139. The number of hydrogen-bond acceptors (Lipinski definition) is 3. The summed E-state index contributed by atoms with van der Waals surface area (Å²) in [6.45, 7) is 0. The number of benzene rings is 1. The molecule has 0 amide bonds. The van der Waals surface area contributed by atoms with Crippen LogP contribution in [0.15, 0.2) is 18.2 Å². The Morgan fingerprint density at radius 3 is 2.78 bits per heavy atom. The van der Waals surface area contributed by atoms with E-state index in [2.05, 4.69) is 5.32 Å². The van der Waals surface area contributed by atoms with Gasteiger partial charge in [0.1, 0.15) is 17.7 Å². The average molecular weight is 275 g/mol. The molecule has 2 rings (SSSR count). The summed E-state index contributed by atoms with van der Waals surface area (Å²) in [5.41, 5.74) is 0.00861. The Balaban J connectivity index is 2.29. The van der Waals surface area contributed by atoms with Gasteiger partial charge in [0.25, 0.3) is 0 Å². The van der Waals surface area contributed by atoms with E-state index in [0.717, 1.165) is 18.2 Å². The Hall–Kier alpha value is -1.34. The number of hydrogen-bond donors (Lipinski definition) is 2. The van der Waals surface area contributed by atoms with Crippen molar-refractivity contribution in [2.75, 3.05) is 11.5 Å². The van der Waals surface area contributed by atoms with Crippen molar-refractivity contribution in [3.8, 4) is 0 Å². The second-order valence-corrected chi connectivity index (χ2v) is 5.60. The van der Waals surface area contributed by atoms with Crippen LogP contribution in [-0.2, 0) is 15.6 Å². The molecule has 0 aromatic heterocycles. The zero-order chi connectivity index (χ0) is 13.3. The van der Waals surface area contributed by atoms with Crippen LogP contribution in [-0.4, -0.2) is 32.8 Å². The average Bonchev–Trinajstić information content (AvgIpc) is 2.31. The minimum Gasteiger partial charge on any atom is -0.480 e. The summed E-state index contributed by atoms with van der Waals surface area (Å²) in [6.07, 6.45) is 0. The summed E-state index contributed by atoms with van der Waals surface area (Å²) in [6, 6.07) is 1.19. The molecule has 2 N–H and O–H groups in total. The summed E-state index contributed by atoms with van der Waals surface area (Å²) >= 11 is 0. The normalized spacial score (nSPS) is 28.0. The van der Waals surface area contributed by atoms with Gasteiger partial charge in [-0.2, -0.15) is 0 Å². The zero-order valence-corrected chi connectivity index (χ0v) is 10.0. The molecular weight excluding hydrogens is 264 g/mol. The lowest BCUT2D eigenvalue weighted by Gasteiger charge is -2.28. The molecule has 3 unspecified atom stereocenters. The van der Waals surface area contributed by atoms with Crippen molar-refractivity contribution in [2.24, 2.45) is 0 Å². The number of rotatable bonds is 2. The number of carboxylic acid groups (broad SMARTS) is 1. The molecule has 4 nitrogen and oxygen atoms in total. The van der Waals surface area contributed by atoms with E-state index in [9.17, 15) is 17.8 Å². The third kappa shape index (κ3) is 2.73. The van der Waals surface area contributed by atoms with Gasteiger partial charge >= 0.3 is 5.97 Å². The van der Waals surface area contributed by atoms with E-state index in [1.807, 2.05) is 0 Å². The molecule has 1 fully saturated rings. The Kier molecular flexibility index (Phi) is 3.72. The molecule has 7 heteroatoms. The third-order valence-corrected chi connectivity index (χ3v) is 4.15. The van der Waals surface area contributed by atoms with Crippen LogP contribution in [0.3, 0.4) is 0 Å². The maximum absolute atomic E-state index is 13.6. The molecule has 1 aliphatic rings. The van der Waals surface area contributed by atoms with Crippen LogP contribution < -0.4 is 5.32 Å². The summed E-state index contributed by atoms with van der Waals surface area (Å²) in [7, 11) is -1.37. The van der Waals surface area contributed by atoms with Gasteiger partial charge in [-0.05, 0) is 18.2 Å². The number of nitrogens with one attached hydrogen (secondary N) is 1. The van der Waals surface area contributed by atoms with Crippen LogP contribution in [0, 0.1) is 11.6 Å². The highest BCUT2D eigenvalue weighted by atomic mass is 32.2. The molecule has 0 aliphatic carbocycles. The van der Waals surface area contributed by atoms with Crippen molar-refractivity contribution in [3.05, 3.63) is 35.4 Å². The maximum atomic E-state index is 13.6. The molecule has 18 heavy (non-hydrogen) atoms. The highest BCUT2D eigenvalue weighted by Crippen LogP contribution is 2.23. The highest BCUT2D eigenvalue weighted by Gasteiger charge is 2.32. The van der Waals surface area contributed by atoms with Gasteiger partial charge in [0.15, 0.2) is 0 Å². The summed E-state index contributed by atoms with van der Waals surface area (Å²) in [4.78, 5) is 10.9. The molecule has 98 valence electrons. The SMILES string of the molecule is O=C(O)C1CS(=O)CC(c2cc(F)ccc2F)N1. The first-order valence-corrected chi connectivity index (χ1v) is 6.75. The van der Waals surface area contributed by atoms with Gasteiger partial charge in [0.2, 0.25) is 0 Å². The smallest absolute Gasteiger partial charge is 0.321 e. The summed E-state index contributed by atoms with van der Waals surface area (Å²) in [5.74, 6) is -2.36. The molecule has 3 atom stereocenters. The topological polar surface area (TPSA) is 66.4 Å². The Labute approximate surface area is 104 Å². The third-order valence-electron chi connectivity index (χ3n) is 2.74. The number of carboxylic acids is 1.